The standard InChI is InChI=1S/C13H16F4N2O2S/c14-12-4-3-10(6-11(12)13(15,16)17)22(20,21)19-8-9-2-1-5-18-7-9/h3-4,6,9,18-19H,1-2,5,7-8H2/t9-/m0/s1. The van der Waals surface area contributed by atoms with E-state index in [1.807, 2.05) is 0 Å². The van der Waals surface area contributed by atoms with Crippen molar-refractivity contribution in [2.45, 2.75) is 23.9 Å². The maximum atomic E-state index is 13.2. The fourth-order valence-electron chi connectivity index (χ4n) is 2.30. The molecule has 1 aromatic rings. The fourth-order valence-corrected chi connectivity index (χ4v) is 3.44. The quantitative estimate of drug-likeness (QED) is 0.826. The maximum absolute atomic E-state index is 13.2. The number of halogens is 4. The Hall–Kier alpha value is -1.19. The zero-order valence-electron chi connectivity index (χ0n) is 11.6. The molecular formula is C13H16F4N2O2S. The Morgan fingerprint density at radius 3 is 2.64 bits per heavy atom. The lowest BCUT2D eigenvalue weighted by atomic mass is 10.0. The average molecular weight is 340 g/mol. The van der Waals surface area contributed by atoms with Crippen LogP contribution in [-0.4, -0.2) is 28.1 Å². The van der Waals surface area contributed by atoms with Gasteiger partial charge in [-0.25, -0.2) is 17.5 Å². The van der Waals surface area contributed by atoms with Crippen LogP contribution in [0.3, 0.4) is 0 Å². The smallest absolute Gasteiger partial charge is 0.316 e. The largest absolute Gasteiger partial charge is 0.419 e. The van der Waals surface area contributed by atoms with E-state index in [9.17, 15) is 26.0 Å². The van der Waals surface area contributed by atoms with Crippen molar-refractivity contribution in [1.82, 2.24) is 10.0 Å². The number of hydrogen-bond acceptors (Lipinski definition) is 3. The van der Waals surface area contributed by atoms with Crippen molar-refractivity contribution in [3.63, 3.8) is 0 Å². The van der Waals surface area contributed by atoms with E-state index < -0.39 is 32.5 Å². The Kier molecular flexibility index (Phi) is 5.08. The van der Waals surface area contributed by atoms with Gasteiger partial charge in [-0.1, -0.05) is 0 Å². The molecule has 0 amide bonds. The van der Waals surface area contributed by atoms with E-state index in [0.717, 1.165) is 25.5 Å². The minimum Gasteiger partial charge on any atom is -0.316 e. The molecule has 22 heavy (non-hydrogen) atoms. The van der Waals surface area contributed by atoms with Crippen LogP contribution in [0.1, 0.15) is 18.4 Å². The van der Waals surface area contributed by atoms with Crippen LogP contribution in [0.5, 0.6) is 0 Å². The summed E-state index contributed by atoms with van der Waals surface area (Å²) in [4.78, 5) is -0.593. The normalized spacial score (nSPS) is 20.1. The fraction of sp³-hybridized carbons (Fsp3) is 0.538. The minimum atomic E-state index is -4.94. The molecule has 1 aliphatic heterocycles. The summed E-state index contributed by atoms with van der Waals surface area (Å²) in [6.45, 7) is 1.66. The van der Waals surface area contributed by atoms with Gasteiger partial charge in [-0.15, -0.1) is 0 Å². The Morgan fingerprint density at radius 2 is 2.05 bits per heavy atom. The van der Waals surface area contributed by atoms with Crippen LogP contribution in [0.25, 0.3) is 0 Å². The van der Waals surface area contributed by atoms with Gasteiger partial charge in [0.1, 0.15) is 5.82 Å². The van der Waals surface area contributed by atoms with Crippen molar-refractivity contribution in [1.29, 1.82) is 0 Å². The molecule has 4 nitrogen and oxygen atoms in total. The third kappa shape index (κ3) is 4.17. The van der Waals surface area contributed by atoms with Crippen LogP contribution < -0.4 is 10.0 Å². The first kappa shape index (κ1) is 17.2. The predicted molar refractivity (Wildman–Crippen MR) is 72.2 cm³/mol. The maximum Gasteiger partial charge on any atom is 0.419 e. The summed E-state index contributed by atoms with van der Waals surface area (Å²) in [7, 11) is -4.10. The molecule has 1 atom stereocenters. The molecule has 124 valence electrons. The highest BCUT2D eigenvalue weighted by Gasteiger charge is 2.35. The Morgan fingerprint density at radius 1 is 1.32 bits per heavy atom. The van der Waals surface area contributed by atoms with E-state index in [4.69, 9.17) is 0 Å². The van der Waals surface area contributed by atoms with E-state index >= 15 is 0 Å². The molecule has 0 aliphatic carbocycles. The monoisotopic (exact) mass is 340 g/mol. The number of rotatable bonds is 4. The molecule has 1 saturated heterocycles. The second kappa shape index (κ2) is 6.51. The lowest BCUT2D eigenvalue weighted by Gasteiger charge is -2.22. The molecular weight excluding hydrogens is 324 g/mol. The predicted octanol–water partition coefficient (Wildman–Crippen LogP) is 2.12. The van der Waals surface area contributed by atoms with Crippen LogP contribution >= 0.6 is 0 Å². The zero-order valence-corrected chi connectivity index (χ0v) is 12.4. The summed E-state index contributed by atoms with van der Waals surface area (Å²) in [5, 5.41) is 3.11. The third-order valence-corrected chi connectivity index (χ3v) is 4.94. The molecule has 1 aromatic carbocycles. The van der Waals surface area contributed by atoms with Gasteiger partial charge in [0, 0.05) is 6.54 Å². The van der Waals surface area contributed by atoms with E-state index in [-0.39, 0.29) is 12.5 Å². The molecule has 1 aliphatic rings. The summed E-state index contributed by atoms with van der Waals surface area (Å²) in [6, 6.07) is 1.66. The first-order chi connectivity index (χ1) is 10.2. The molecule has 2 rings (SSSR count). The van der Waals surface area contributed by atoms with Crippen molar-refractivity contribution in [2.24, 2.45) is 5.92 Å². The molecule has 0 aromatic heterocycles. The molecule has 0 spiro atoms. The zero-order chi connectivity index (χ0) is 16.4. The van der Waals surface area contributed by atoms with Crippen molar-refractivity contribution in [3.05, 3.63) is 29.6 Å². The molecule has 0 bridgehead atoms. The summed E-state index contributed by atoms with van der Waals surface area (Å²) in [5.41, 5.74) is -1.59. The number of piperidine rings is 1. The van der Waals surface area contributed by atoms with Crippen LogP contribution in [0.2, 0.25) is 0 Å². The molecule has 0 saturated carbocycles. The second-order valence-corrected chi connectivity index (χ2v) is 6.97. The van der Waals surface area contributed by atoms with Gasteiger partial charge in [0.2, 0.25) is 10.0 Å². The van der Waals surface area contributed by atoms with Gasteiger partial charge in [0.05, 0.1) is 10.5 Å². The van der Waals surface area contributed by atoms with Gasteiger partial charge in [-0.3, -0.25) is 0 Å². The molecule has 0 radical (unpaired) electrons. The Labute approximate surface area is 126 Å². The van der Waals surface area contributed by atoms with Crippen LogP contribution in [0.15, 0.2) is 23.1 Å². The summed E-state index contributed by atoms with van der Waals surface area (Å²) >= 11 is 0. The van der Waals surface area contributed by atoms with Crippen molar-refractivity contribution < 1.29 is 26.0 Å². The summed E-state index contributed by atoms with van der Waals surface area (Å²) in [6.07, 6.45) is -3.18. The van der Waals surface area contributed by atoms with Crippen LogP contribution in [0, 0.1) is 11.7 Å². The van der Waals surface area contributed by atoms with E-state index in [2.05, 4.69) is 10.0 Å². The van der Waals surface area contributed by atoms with Gasteiger partial charge >= 0.3 is 6.18 Å². The average Bonchev–Trinajstić information content (AvgIpc) is 2.45. The molecule has 0 unspecified atom stereocenters. The topological polar surface area (TPSA) is 58.2 Å². The number of benzene rings is 1. The lowest BCUT2D eigenvalue weighted by molar-refractivity contribution is -0.140. The lowest BCUT2D eigenvalue weighted by Crippen LogP contribution is -2.38. The third-order valence-electron chi connectivity index (χ3n) is 3.51. The highest BCUT2D eigenvalue weighted by molar-refractivity contribution is 7.89. The number of sulfonamides is 1. The van der Waals surface area contributed by atoms with Gasteiger partial charge in [0.15, 0.2) is 0 Å². The van der Waals surface area contributed by atoms with Crippen molar-refractivity contribution in [3.8, 4) is 0 Å². The summed E-state index contributed by atoms with van der Waals surface area (Å²) in [5.74, 6) is -1.41. The minimum absolute atomic E-state index is 0.0889. The highest BCUT2D eigenvalue weighted by atomic mass is 32.2. The van der Waals surface area contributed by atoms with Crippen molar-refractivity contribution in [2.75, 3.05) is 19.6 Å². The molecule has 1 fully saturated rings. The van der Waals surface area contributed by atoms with Crippen LogP contribution in [0.4, 0.5) is 17.6 Å². The Balaban J connectivity index is 2.15. The number of alkyl halides is 3. The highest BCUT2D eigenvalue weighted by Crippen LogP contribution is 2.32. The molecule has 9 heteroatoms. The Bertz CT molecular complexity index is 625. The number of hydrogen-bond donors (Lipinski definition) is 2. The van der Waals surface area contributed by atoms with Crippen LogP contribution in [-0.2, 0) is 16.2 Å². The second-order valence-electron chi connectivity index (χ2n) is 5.20. The van der Waals surface area contributed by atoms with Crippen molar-refractivity contribution >= 4 is 10.0 Å². The molecule has 1 heterocycles. The van der Waals surface area contributed by atoms with Gasteiger partial charge in [0.25, 0.3) is 0 Å². The van der Waals surface area contributed by atoms with E-state index in [0.29, 0.717) is 18.7 Å². The van der Waals surface area contributed by atoms with Gasteiger partial charge < -0.3 is 5.32 Å². The van der Waals surface area contributed by atoms with E-state index in [1.165, 1.54) is 0 Å². The van der Waals surface area contributed by atoms with E-state index in [1.54, 1.807) is 0 Å². The SMILES string of the molecule is O=S(=O)(NC[C@H]1CCCNC1)c1ccc(F)c(C(F)(F)F)c1. The number of nitrogens with one attached hydrogen (secondary N) is 2. The van der Waals surface area contributed by atoms with Gasteiger partial charge in [-0.2, -0.15) is 13.2 Å². The summed E-state index contributed by atoms with van der Waals surface area (Å²) < 4.78 is 77.5. The first-order valence-electron chi connectivity index (χ1n) is 6.77. The van der Waals surface area contributed by atoms with Gasteiger partial charge in [-0.05, 0) is 50.0 Å². The molecule has 2 N–H and O–H groups in total. The first-order valence-corrected chi connectivity index (χ1v) is 8.25.